The summed E-state index contributed by atoms with van der Waals surface area (Å²) in [6.07, 6.45) is 5.05. The number of benzene rings is 1. The van der Waals surface area contributed by atoms with Crippen molar-refractivity contribution >= 4 is 27.7 Å². The number of nitrogens with one attached hydrogen (secondary N) is 1. The number of nitrogens with zero attached hydrogens (tertiary/aromatic N) is 2. The SMILES string of the molecule is Nc1nccnc1C(=O)NCC1(c2ccccc2Br)CC1. The van der Waals surface area contributed by atoms with E-state index in [1.165, 1.54) is 18.0 Å². The van der Waals surface area contributed by atoms with Crippen molar-refractivity contribution in [2.75, 3.05) is 12.3 Å². The lowest BCUT2D eigenvalue weighted by Crippen LogP contribution is -2.33. The largest absolute Gasteiger partial charge is 0.382 e. The number of carbonyl (C=O) groups excluding carboxylic acids is 1. The van der Waals surface area contributed by atoms with Crippen LogP contribution < -0.4 is 11.1 Å². The Hall–Kier alpha value is -1.95. The lowest BCUT2D eigenvalue weighted by Gasteiger charge is -2.18. The molecule has 1 aromatic heterocycles. The van der Waals surface area contributed by atoms with Gasteiger partial charge in [-0.25, -0.2) is 9.97 Å². The highest BCUT2D eigenvalue weighted by molar-refractivity contribution is 9.10. The average Bonchev–Trinajstić information content (AvgIpc) is 3.27. The molecular formula is C15H15BrN4O. The molecule has 5 nitrogen and oxygen atoms in total. The normalized spacial score (nSPS) is 15.5. The molecule has 0 saturated heterocycles. The Morgan fingerprint density at radius 2 is 2.00 bits per heavy atom. The number of nitrogen functional groups attached to an aromatic ring is 1. The molecule has 1 aromatic carbocycles. The van der Waals surface area contributed by atoms with Crippen LogP contribution in [0.2, 0.25) is 0 Å². The number of anilines is 1. The zero-order chi connectivity index (χ0) is 14.9. The molecule has 6 heteroatoms. The number of aromatic nitrogens is 2. The minimum atomic E-state index is -0.279. The Balaban J connectivity index is 1.72. The number of hydrogen-bond acceptors (Lipinski definition) is 4. The maximum atomic E-state index is 12.2. The summed E-state index contributed by atoms with van der Waals surface area (Å²) in [5.41, 5.74) is 7.10. The first-order chi connectivity index (χ1) is 10.1. The van der Waals surface area contributed by atoms with E-state index in [1.54, 1.807) is 0 Å². The summed E-state index contributed by atoms with van der Waals surface area (Å²) in [7, 11) is 0. The zero-order valence-electron chi connectivity index (χ0n) is 11.3. The molecule has 1 saturated carbocycles. The summed E-state index contributed by atoms with van der Waals surface area (Å²) in [4.78, 5) is 20.0. The molecule has 0 spiro atoms. The van der Waals surface area contributed by atoms with Crippen molar-refractivity contribution < 1.29 is 4.79 Å². The summed E-state index contributed by atoms with van der Waals surface area (Å²) in [5.74, 6) is -0.125. The molecule has 1 aliphatic carbocycles. The molecular weight excluding hydrogens is 332 g/mol. The van der Waals surface area contributed by atoms with Crippen LogP contribution in [0.25, 0.3) is 0 Å². The summed E-state index contributed by atoms with van der Waals surface area (Å²) >= 11 is 3.58. The van der Waals surface area contributed by atoms with Crippen molar-refractivity contribution in [2.45, 2.75) is 18.3 Å². The maximum Gasteiger partial charge on any atom is 0.273 e. The quantitative estimate of drug-likeness (QED) is 0.889. The fraction of sp³-hybridized carbons (Fsp3) is 0.267. The lowest BCUT2D eigenvalue weighted by molar-refractivity contribution is 0.0945. The summed E-state index contributed by atoms with van der Waals surface area (Å²) in [5, 5.41) is 2.93. The molecule has 0 unspecified atom stereocenters. The van der Waals surface area contributed by atoms with Gasteiger partial charge in [0.05, 0.1) is 0 Å². The van der Waals surface area contributed by atoms with Crippen molar-refractivity contribution in [3.8, 4) is 0 Å². The Labute approximate surface area is 131 Å². The van der Waals surface area contributed by atoms with E-state index in [4.69, 9.17) is 5.73 Å². The second-order valence-corrected chi connectivity index (χ2v) is 6.09. The van der Waals surface area contributed by atoms with Crippen molar-refractivity contribution in [1.82, 2.24) is 15.3 Å². The monoisotopic (exact) mass is 346 g/mol. The van der Waals surface area contributed by atoms with Gasteiger partial charge < -0.3 is 11.1 Å². The second-order valence-electron chi connectivity index (χ2n) is 5.23. The Kier molecular flexibility index (Phi) is 3.63. The van der Waals surface area contributed by atoms with Gasteiger partial charge in [0.2, 0.25) is 0 Å². The molecule has 0 bridgehead atoms. The van der Waals surface area contributed by atoms with Gasteiger partial charge in [0.15, 0.2) is 11.5 Å². The van der Waals surface area contributed by atoms with Gasteiger partial charge in [-0.1, -0.05) is 34.1 Å². The third-order valence-corrected chi connectivity index (χ3v) is 4.52. The van der Waals surface area contributed by atoms with Gasteiger partial charge in [-0.2, -0.15) is 0 Å². The highest BCUT2D eigenvalue weighted by atomic mass is 79.9. The standard InChI is InChI=1S/C15H15BrN4O/c16-11-4-2-1-3-10(11)15(5-6-15)9-20-14(21)12-13(17)19-8-7-18-12/h1-4,7-8H,5-6,9H2,(H2,17,19)(H,20,21). The molecule has 0 aliphatic heterocycles. The fourth-order valence-corrected chi connectivity index (χ4v) is 3.15. The molecule has 1 aliphatic rings. The van der Waals surface area contributed by atoms with Gasteiger partial charge in [0.1, 0.15) is 0 Å². The minimum Gasteiger partial charge on any atom is -0.382 e. The van der Waals surface area contributed by atoms with Crippen LogP contribution in [-0.4, -0.2) is 22.4 Å². The number of carbonyl (C=O) groups is 1. The lowest BCUT2D eigenvalue weighted by atomic mass is 9.96. The van der Waals surface area contributed by atoms with E-state index >= 15 is 0 Å². The van der Waals surface area contributed by atoms with Crippen LogP contribution in [0.15, 0.2) is 41.1 Å². The van der Waals surface area contributed by atoms with Crippen molar-refractivity contribution in [1.29, 1.82) is 0 Å². The molecule has 1 fully saturated rings. The first-order valence-corrected chi connectivity index (χ1v) is 7.51. The molecule has 1 amide bonds. The molecule has 3 N–H and O–H groups in total. The van der Waals surface area contributed by atoms with E-state index < -0.39 is 0 Å². The van der Waals surface area contributed by atoms with Crippen LogP contribution in [0.5, 0.6) is 0 Å². The molecule has 3 rings (SSSR count). The summed E-state index contributed by atoms with van der Waals surface area (Å²) in [6, 6.07) is 8.13. The van der Waals surface area contributed by atoms with Crippen LogP contribution in [0.1, 0.15) is 28.9 Å². The highest BCUT2D eigenvalue weighted by Crippen LogP contribution is 2.49. The molecule has 2 aromatic rings. The first-order valence-electron chi connectivity index (χ1n) is 6.72. The number of halogens is 1. The molecule has 1 heterocycles. The Morgan fingerprint density at radius 3 is 2.67 bits per heavy atom. The summed E-state index contributed by atoms with van der Waals surface area (Å²) < 4.78 is 1.08. The van der Waals surface area contributed by atoms with E-state index in [1.807, 2.05) is 18.2 Å². The maximum absolute atomic E-state index is 12.2. The van der Waals surface area contributed by atoms with E-state index in [0.29, 0.717) is 6.54 Å². The Morgan fingerprint density at radius 1 is 1.29 bits per heavy atom. The molecule has 0 radical (unpaired) electrons. The smallest absolute Gasteiger partial charge is 0.273 e. The second kappa shape index (κ2) is 5.44. The predicted molar refractivity (Wildman–Crippen MR) is 83.8 cm³/mol. The van der Waals surface area contributed by atoms with E-state index in [-0.39, 0.29) is 22.8 Å². The first kappa shape index (κ1) is 14.0. The van der Waals surface area contributed by atoms with Crippen LogP contribution in [0.4, 0.5) is 5.82 Å². The number of rotatable bonds is 4. The van der Waals surface area contributed by atoms with E-state index in [2.05, 4.69) is 37.3 Å². The van der Waals surface area contributed by atoms with E-state index in [0.717, 1.165) is 17.3 Å². The van der Waals surface area contributed by atoms with Crippen LogP contribution in [0, 0.1) is 0 Å². The zero-order valence-corrected chi connectivity index (χ0v) is 12.9. The number of nitrogens with two attached hydrogens (primary N) is 1. The van der Waals surface area contributed by atoms with Gasteiger partial charge in [0, 0.05) is 28.8 Å². The van der Waals surface area contributed by atoms with Gasteiger partial charge in [0.25, 0.3) is 5.91 Å². The van der Waals surface area contributed by atoms with Crippen molar-refractivity contribution in [2.24, 2.45) is 0 Å². The summed E-state index contributed by atoms with van der Waals surface area (Å²) in [6.45, 7) is 0.574. The molecule has 21 heavy (non-hydrogen) atoms. The third-order valence-electron chi connectivity index (χ3n) is 3.83. The van der Waals surface area contributed by atoms with E-state index in [9.17, 15) is 4.79 Å². The van der Waals surface area contributed by atoms with Gasteiger partial charge in [-0.15, -0.1) is 0 Å². The van der Waals surface area contributed by atoms with Gasteiger partial charge in [-0.3, -0.25) is 4.79 Å². The number of hydrogen-bond donors (Lipinski definition) is 2. The van der Waals surface area contributed by atoms with Crippen molar-refractivity contribution in [3.05, 3.63) is 52.4 Å². The topological polar surface area (TPSA) is 80.9 Å². The van der Waals surface area contributed by atoms with Crippen LogP contribution in [-0.2, 0) is 5.41 Å². The van der Waals surface area contributed by atoms with Crippen molar-refractivity contribution in [3.63, 3.8) is 0 Å². The molecule has 108 valence electrons. The number of amides is 1. The van der Waals surface area contributed by atoms with Gasteiger partial charge >= 0.3 is 0 Å². The average molecular weight is 347 g/mol. The third kappa shape index (κ3) is 2.76. The van der Waals surface area contributed by atoms with Crippen LogP contribution in [0.3, 0.4) is 0 Å². The highest BCUT2D eigenvalue weighted by Gasteiger charge is 2.45. The minimum absolute atomic E-state index is 0.0206. The predicted octanol–water partition coefficient (Wildman–Crippen LogP) is 2.28. The fourth-order valence-electron chi connectivity index (χ4n) is 2.44. The van der Waals surface area contributed by atoms with Gasteiger partial charge in [-0.05, 0) is 24.5 Å². The Bertz CT molecular complexity index is 685. The molecule has 0 atom stereocenters. The van der Waals surface area contributed by atoms with Crippen LogP contribution >= 0.6 is 15.9 Å².